The van der Waals surface area contributed by atoms with Crippen molar-refractivity contribution in [3.63, 3.8) is 0 Å². The molecule has 0 amide bonds. The Labute approximate surface area is 90.2 Å². The van der Waals surface area contributed by atoms with Gasteiger partial charge in [0.15, 0.2) is 0 Å². The van der Waals surface area contributed by atoms with Crippen molar-refractivity contribution in [2.75, 3.05) is 6.61 Å². The second kappa shape index (κ2) is 3.95. The van der Waals surface area contributed by atoms with Crippen molar-refractivity contribution in [3.05, 3.63) is 0 Å². The van der Waals surface area contributed by atoms with Crippen LogP contribution in [0.1, 0.15) is 45.4 Å². The first-order chi connectivity index (χ1) is 7.15. The van der Waals surface area contributed by atoms with Gasteiger partial charge < -0.3 is 4.74 Å². The first kappa shape index (κ1) is 10.7. The Bertz CT molecular complexity index is 265. The molecule has 0 heterocycles. The molecule has 0 radical (unpaired) electrons. The maximum absolute atomic E-state index is 11.4. The minimum Gasteiger partial charge on any atom is -0.466 e. The Balaban J connectivity index is 1.81. The molecule has 2 saturated carbocycles. The third-order valence-electron chi connectivity index (χ3n) is 3.85. The lowest BCUT2D eigenvalue weighted by molar-refractivity contribution is -0.158. The molecule has 0 aromatic rings. The number of ether oxygens (including phenoxy) is 1. The lowest BCUT2D eigenvalue weighted by Crippen LogP contribution is -2.44. The molecule has 2 aliphatic rings. The highest BCUT2D eigenvalue weighted by atomic mass is 16.5. The Morgan fingerprint density at radius 3 is 2.53 bits per heavy atom. The summed E-state index contributed by atoms with van der Waals surface area (Å²) in [6.07, 6.45) is 5.30. The van der Waals surface area contributed by atoms with E-state index in [2.05, 4.69) is 0 Å². The van der Waals surface area contributed by atoms with Gasteiger partial charge >= 0.3 is 5.97 Å². The molecule has 0 aliphatic heterocycles. The summed E-state index contributed by atoms with van der Waals surface area (Å²) in [7, 11) is 0. The van der Waals surface area contributed by atoms with Crippen molar-refractivity contribution in [3.8, 4) is 0 Å². The van der Waals surface area contributed by atoms with Gasteiger partial charge in [0.05, 0.1) is 12.5 Å². The highest BCUT2D eigenvalue weighted by Crippen LogP contribution is 2.54. The van der Waals surface area contributed by atoms with Crippen molar-refractivity contribution >= 4 is 11.8 Å². The van der Waals surface area contributed by atoms with Gasteiger partial charge in [-0.3, -0.25) is 9.59 Å². The quantitative estimate of drug-likeness (QED) is 0.655. The average Bonchev–Trinajstić information content (AvgIpc) is 2.16. The van der Waals surface area contributed by atoms with Crippen LogP contribution < -0.4 is 0 Å². The topological polar surface area (TPSA) is 43.4 Å². The minimum atomic E-state index is -0.0416. The van der Waals surface area contributed by atoms with Gasteiger partial charge in [-0.15, -0.1) is 0 Å². The van der Waals surface area contributed by atoms with Gasteiger partial charge in [0, 0.05) is 12.8 Å². The normalized spacial score (nSPS) is 25.0. The van der Waals surface area contributed by atoms with Gasteiger partial charge in [-0.05, 0) is 38.0 Å². The zero-order valence-electron chi connectivity index (χ0n) is 9.25. The number of rotatable bonds is 2. The van der Waals surface area contributed by atoms with Crippen molar-refractivity contribution < 1.29 is 14.3 Å². The van der Waals surface area contributed by atoms with E-state index in [0.29, 0.717) is 17.8 Å². The van der Waals surface area contributed by atoms with Gasteiger partial charge in [0.1, 0.15) is 5.78 Å². The Kier molecular flexibility index (Phi) is 2.81. The number of esters is 1. The Morgan fingerprint density at radius 1 is 1.40 bits per heavy atom. The molecule has 0 aromatic heterocycles. The van der Waals surface area contributed by atoms with Gasteiger partial charge in [-0.25, -0.2) is 0 Å². The summed E-state index contributed by atoms with van der Waals surface area (Å²) in [5.74, 6) is 0.457. The Hall–Kier alpha value is -0.860. The van der Waals surface area contributed by atoms with Crippen LogP contribution in [0.15, 0.2) is 0 Å². The van der Waals surface area contributed by atoms with Crippen LogP contribution in [-0.2, 0) is 14.3 Å². The van der Waals surface area contributed by atoms with Crippen LogP contribution in [0.5, 0.6) is 0 Å². The van der Waals surface area contributed by atoms with E-state index in [1.165, 1.54) is 0 Å². The van der Waals surface area contributed by atoms with Crippen LogP contribution in [0.25, 0.3) is 0 Å². The molecule has 2 rings (SSSR count). The lowest BCUT2D eigenvalue weighted by atomic mass is 9.56. The third kappa shape index (κ3) is 2.06. The number of Topliss-reactive ketones (excluding diaryl/α,β-unsaturated/α-hetero) is 1. The zero-order valence-corrected chi connectivity index (χ0v) is 9.25. The average molecular weight is 210 g/mol. The molecule has 3 nitrogen and oxygen atoms in total. The fourth-order valence-corrected chi connectivity index (χ4v) is 2.88. The van der Waals surface area contributed by atoms with Crippen molar-refractivity contribution in [2.45, 2.75) is 45.4 Å². The maximum Gasteiger partial charge on any atom is 0.308 e. The van der Waals surface area contributed by atoms with Crippen LogP contribution in [-0.4, -0.2) is 18.4 Å². The molecule has 0 saturated heterocycles. The third-order valence-corrected chi connectivity index (χ3v) is 3.85. The summed E-state index contributed by atoms with van der Waals surface area (Å²) in [4.78, 5) is 22.5. The predicted octanol–water partition coefficient (Wildman–Crippen LogP) is 2.09. The maximum atomic E-state index is 11.4. The summed E-state index contributed by atoms with van der Waals surface area (Å²) in [5.41, 5.74) is 0.311. The number of carbonyl (C=O) groups is 2. The number of carbonyl (C=O) groups excluding carboxylic acids is 2. The van der Waals surface area contributed by atoms with Crippen LogP contribution in [0.4, 0.5) is 0 Å². The van der Waals surface area contributed by atoms with Gasteiger partial charge in [0.2, 0.25) is 0 Å². The molecule has 3 heteroatoms. The molecule has 84 valence electrons. The van der Waals surface area contributed by atoms with E-state index in [9.17, 15) is 9.59 Å². The molecular formula is C12H18O3. The van der Waals surface area contributed by atoms with E-state index in [0.717, 1.165) is 38.5 Å². The molecule has 2 fully saturated rings. The smallest absolute Gasteiger partial charge is 0.308 e. The predicted molar refractivity (Wildman–Crippen MR) is 55.3 cm³/mol. The van der Waals surface area contributed by atoms with Crippen molar-refractivity contribution in [1.82, 2.24) is 0 Å². The SMILES string of the molecule is CCOC(=O)C1CC2(CCC(=O)CC2)C1. The molecule has 0 unspecified atom stereocenters. The molecule has 1 spiro atoms. The highest BCUT2D eigenvalue weighted by Gasteiger charge is 2.48. The van der Waals surface area contributed by atoms with E-state index >= 15 is 0 Å². The van der Waals surface area contributed by atoms with Gasteiger partial charge in [0.25, 0.3) is 0 Å². The second-order valence-electron chi connectivity index (χ2n) is 4.90. The number of hydrogen-bond donors (Lipinski definition) is 0. The molecule has 15 heavy (non-hydrogen) atoms. The van der Waals surface area contributed by atoms with E-state index in [4.69, 9.17) is 4.74 Å². The molecule has 0 aromatic carbocycles. The van der Waals surface area contributed by atoms with Gasteiger partial charge in [-0.1, -0.05) is 0 Å². The second-order valence-corrected chi connectivity index (χ2v) is 4.90. The van der Waals surface area contributed by atoms with Crippen LogP contribution in [0.2, 0.25) is 0 Å². The molecular weight excluding hydrogens is 192 g/mol. The number of hydrogen-bond acceptors (Lipinski definition) is 3. The van der Waals surface area contributed by atoms with Crippen LogP contribution in [0.3, 0.4) is 0 Å². The van der Waals surface area contributed by atoms with Crippen molar-refractivity contribution in [1.29, 1.82) is 0 Å². The first-order valence-electron chi connectivity index (χ1n) is 5.83. The summed E-state index contributed by atoms with van der Waals surface area (Å²) < 4.78 is 5.00. The molecule has 2 aliphatic carbocycles. The molecule has 0 N–H and O–H groups in total. The fraction of sp³-hybridized carbons (Fsp3) is 0.833. The van der Waals surface area contributed by atoms with Crippen molar-refractivity contribution in [2.24, 2.45) is 11.3 Å². The summed E-state index contributed by atoms with van der Waals surface area (Å²) in [6.45, 7) is 2.31. The van der Waals surface area contributed by atoms with E-state index < -0.39 is 0 Å². The van der Waals surface area contributed by atoms with Crippen LogP contribution in [0, 0.1) is 11.3 Å². The standard InChI is InChI=1S/C12H18O3/c1-2-15-11(14)9-7-12(8-9)5-3-10(13)4-6-12/h9H,2-8H2,1H3. The zero-order chi connectivity index (χ0) is 10.9. The van der Waals surface area contributed by atoms with Gasteiger partial charge in [-0.2, -0.15) is 0 Å². The largest absolute Gasteiger partial charge is 0.466 e. The number of ketones is 1. The van der Waals surface area contributed by atoms with Crippen LogP contribution >= 0.6 is 0 Å². The summed E-state index contributed by atoms with van der Waals surface area (Å²) in [6, 6.07) is 0. The lowest BCUT2D eigenvalue weighted by Gasteiger charge is -2.48. The van der Waals surface area contributed by atoms with E-state index in [1.807, 2.05) is 6.92 Å². The summed E-state index contributed by atoms with van der Waals surface area (Å²) >= 11 is 0. The van der Waals surface area contributed by atoms with E-state index in [-0.39, 0.29) is 11.9 Å². The minimum absolute atomic E-state index is 0.0416. The monoisotopic (exact) mass is 210 g/mol. The molecule has 0 atom stereocenters. The highest BCUT2D eigenvalue weighted by molar-refractivity contribution is 5.80. The first-order valence-corrected chi connectivity index (χ1v) is 5.83. The molecule has 0 bridgehead atoms. The fourth-order valence-electron chi connectivity index (χ4n) is 2.88. The van der Waals surface area contributed by atoms with E-state index in [1.54, 1.807) is 0 Å². The summed E-state index contributed by atoms with van der Waals surface area (Å²) in [5, 5.41) is 0. The Morgan fingerprint density at radius 2 is 2.00 bits per heavy atom.